The molecule has 0 unspecified atom stereocenters. The number of fused-ring (bicyclic) bond motifs is 1. The van der Waals surface area contributed by atoms with E-state index in [1.165, 1.54) is 31.2 Å². The number of ketones is 1. The Bertz CT molecular complexity index is 1640. The minimum atomic E-state index is -0.536. The monoisotopic (exact) mass is 541 g/mol. The molecule has 1 heterocycles. The van der Waals surface area contributed by atoms with Crippen LogP contribution in [-0.2, 0) is 11.2 Å². The van der Waals surface area contributed by atoms with Gasteiger partial charge in [0, 0.05) is 16.5 Å². The Morgan fingerprint density at radius 1 is 0.732 bits per heavy atom. The second-order valence-electron chi connectivity index (χ2n) is 10.5. The summed E-state index contributed by atoms with van der Waals surface area (Å²) < 4.78 is 5.57. The summed E-state index contributed by atoms with van der Waals surface area (Å²) >= 11 is 0. The van der Waals surface area contributed by atoms with E-state index in [2.05, 4.69) is 31.2 Å². The zero-order valence-electron chi connectivity index (χ0n) is 23.7. The van der Waals surface area contributed by atoms with Gasteiger partial charge < -0.3 is 4.74 Å². The quantitative estimate of drug-likeness (QED) is 0.0951. The van der Waals surface area contributed by atoms with Gasteiger partial charge in [-0.05, 0) is 54.7 Å². The number of Topliss-reactive ketones (excluding diaryl/α,β-unsaturated/α-hetero) is 1. The van der Waals surface area contributed by atoms with Gasteiger partial charge in [0.25, 0.3) is 0 Å². The summed E-state index contributed by atoms with van der Waals surface area (Å²) in [5.74, 6) is -0.784. The number of nitrogens with zero attached hydrogens (tertiary/aromatic N) is 1. The smallest absolute Gasteiger partial charge is 0.339 e. The van der Waals surface area contributed by atoms with Gasteiger partial charge in [-0.2, -0.15) is 0 Å². The maximum atomic E-state index is 13.4. The molecule has 0 amide bonds. The number of aryl methyl sites for hydroxylation is 2. The highest BCUT2D eigenvalue weighted by molar-refractivity contribution is 6.06. The first-order valence-corrected chi connectivity index (χ1v) is 14.4. The largest absolute Gasteiger partial charge is 0.454 e. The molecular weight excluding hydrogens is 506 g/mol. The fourth-order valence-corrected chi connectivity index (χ4v) is 5.03. The molecule has 0 saturated carbocycles. The molecule has 0 radical (unpaired) electrons. The van der Waals surface area contributed by atoms with E-state index in [0.29, 0.717) is 27.7 Å². The summed E-state index contributed by atoms with van der Waals surface area (Å²) in [7, 11) is 0. The number of carbonyl (C=O) groups excluding carboxylic acids is 2. The van der Waals surface area contributed by atoms with Crippen LogP contribution in [0.15, 0.2) is 103 Å². The predicted molar refractivity (Wildman–Crippen MR) is 166 cm³/mol. The van der Waals surface area contributed by atoms with Gasteiger partial charge in [-0.25, -0.2) is 9.78 Å². The molecule has 206 valence electrons. The first-order chi connectivity index (χ1) is 20.0. The fourth-order valence-electron chi connectivity index (χ4n) is 5.03. The number of aromatic nitrogens is 1. The van der Waals surface area contributed by atoms with Crippen molar-refractivity contribution in [3.05, 3.63) is 125 Å². The van der Waals surface area contributed by atoms with Crippen LogP contribution < -0.4 is 0 Å². The number of esters is 1. The van der Waals surface area contributed by atoms with Crippen LogP contribution in [0.2, 0.25) is 0 Å². The van der Waals surface area contributed by atoms with Gasteiger partial charge in [-0.3, -0.25) is 4.79 Å². The lowest BCUT2D eigenvalue weighted by Crippen LogP contribution is -2.15. The van der Waals surface area contributed by atoms with E-state index < -0.39 is 5.97 Å². The number of ether oxygens (including phenoxy) is 1. The van der Waals surface area contributed by atoms with Crippen LogP contribution in [0.25, 0.3) is 33.3 Å². The number of unbranched alkanes of at least 4 members (excludes halogenated alkanes) is 3. The van der Waals surface area contributed by atoms with E-state index in [1.807, 2.05) is 67.6 Å². The Morgan fingerprint density at radius 2 is 1.44 bits per heavy atom. The van der Waals surface area contributed by atoms with Gasteiger partial charge in [0.05, 0.1) is 16.8 Å². The van der Waals surface area contributed by atoms with Gasteiger partial charge in [0.1, 0.15) is 0 Å². The molecule has 0 aliphatic heterocycles. The Kier molecular flexibility index (Phi) is 9.00. The van der Waals surface area contributed by atoms with Gasteiger partial charge in [-0.15, -0.1) is 0 Å². The number of hydrogen-bond acceptors (Lipinski definition) is 4. The minimum absolute atomic E-state index is 0.248. The molecule has 0 aliphatic rings. The van der Waals surface area contributed by atoms with Crippen LogP contribution >= 0.6 is 0 Å². The van der Waals surface area contributed by atoms with E-state index in [0.717, 1.165) is 28.7 Å². The lowest BCUT2D eigenvalue weighted by molar-refractivity contribution is 0.0476. The third-order valence-electron chi connectivity index (χ3n) is 7.40. The molecule has 0 saturated heterocycles. The summed E-state index contributed by atoms with van der Waals surface area (Å²) in [6, 6.07) is 33.4. The third-order valence-corrected chi connectivity index (χ3v) is 7.40. The average Bonchev–Trinajstić information content (AvgIpc) is 3.02. The Labute approximate surface area is 242 Å². The number of carbonyl (C=O) groups is 2. The highest BCUT2D eigenvalue weighted by Crippen LogP contribution is 2.27. The molecule has 1 aromatic heterocycles. The lowest BCUT2D eigenvalue weighted by atomic mass is 10.0. The molecule has 0 N–H and O–H groups in total. The highest BCUT2D eigenvalue weighted by Gasteiger charge is 2.18. The number of benzene rings is 4. The molecule has 5 rings (SSSR count). The predicted octanol–water partition coefficient (Wildman–Crippen LogP) is 9.04. The van der Waals surface area contributed by atoms with Crippen molar-refractivity contribution in [1.82, 2.24) is 4.98 Å². The highest BCUT2D eigenvalue weighted by atomic mass is 16.5. The number of hydrogen-bond donors (Lipinski definition) is 0. The van der Waals surface area contributed by atoms with E-state index >= 15 is 0 Å². The first-order valence-electron chi connectivity index (χ1n) is 14.4. The van der Waals surface area contributed by atoms with Crippen molar-refractivity contribution in [3.8, 4) is 22.4 Å². The molecule has 5 aromatic rings. The van der Waals surface area contributed by atoms with Gasteiger partial charge in [0.2, 0.25) is 0 Å². The van der Waals surface area contributed by atoms with Crippen molar-refractivity contribution in [2.24, 2.45) is 0 Å². The van der Waals surface area contributed by atoms with Crippen molar-refractivity contribution in [2.45, 2.75) is 46.0 Å². The molecule has 0 bridgehead atoms. The second kappa shape index (κ2) is 13.2. The van der Waals surface area contributed by atoms with Crippen molar-refractivity contribution in [3.63, 3.8) is 0 Å². The first kappa shape index (κ1) is 28.0. The molecular formula is C37H35NO3. The molecule has 4 aromatic carbocycles. The normalized spacial score (nSPS) is 11.0. The third kappa shape index (κ3) is 6.96. The van der Waals surface area contributed by atoms with Crippen molar-refractivity contribution in [2.75, 3.05) is 6.61 Å². The summed E-state index contributed by atoms with van der Waals surface area (Å²) in [6.45, 7) is 3.87. The molecule has 0 spiro atoms. The molecule has 4 heteroatoms. The molecule has 4 nitrogen and oxygen atoms in total. The van der Waals surface area contributed by atoms with Crippen molar-refractivity contribution < 1.29 is 14.3 Å². The summed E-state index contributed by atoms with van der Waals surface area (Å²) in [5, 5.41) is 0.714. The Morgan fingerprint density at radius 3 is 2.17 bits per heavy atom. The van der Waals surface area contributed by atoms with E-state index in [9.17, 15) is 9.59 Å². The van der Waals surface area contributed by atoms with Crippen LogP contribution in [0, 0.1) is 6.92 Å². The summed E-state index contributed by atoms with van der Waals surface area (Å²) in [5.41, 5.74) is 7.69. The van der Waals surface area contributed by atoms with Gasteiger partial charge in [0.15, 0.2) is 12.4 Å². The van der Waals surface area contributed by atoms with Crippen LogP contribution in [0.5, 0.6) is 0 Å². The van der Waals surface area contributed by atoms with Crippen LogP contribution in [-0.4, -0.2) is 23.3 Å². The maximum absolute atomic E-state index is 13.4. The van der Waals surface area contributed by atoms with Crippen LogP contribution in [0.3, 0.4) is 0 Å². The minimum Gasteiger partial charge on any atom is -0.454 e. The molecule has 0 fully saturated rings. The number of rotatable bonds is 11. The lowest BCUT2D eigenvalue weighted by Gasteiger charge is -2.11. The zero-order chi connectivity index (χ0) is 28.6. The fraction of sp³-hybridized carbons (Fsp3) is 0.216. The molecule has 0 atom stereocenters. The zero-order valence-corrected chi connectivity index (χ0v) is 23.7. The summed E-state index contributed by atoms with van der Waals surface area (Å²) in [6.07, 6.45) is 5.99. The van der Waals surface area contributed by atoms with Gasteiger partial charge in [-0.1, -0.05) is 117 Å². The van der Waals surface area contributed by atoms with E-state index in [1.54, 1.807) is 18.2 Å². The standard InChI is InChI=1S/C37H35NO3/c1-3-4-5-7-10-27-14-16-30(17-15-27)35-24-33(32-23-26(2)13-22-34(32)38-35)37(40)41-25-36(39)31-20-18-29(19-21-31)28-11-8-6-9-12-28/h6,8-9,11-24H,3-5,7,10,25H2,1-2H3. The topological polar surface area (TPSA) is 56.3 Å². The second-order valence-corrected chi connectivity index (χ2v) is 10.5. The SMILES string of the molecule is CCCCCCc1ccc(-c2cc(C(=O)OCC(=O)c3ccc(-c4ccccc4)cc3)c3cc(C)ccc3n2)cc1. The molecule has 0 aliphatic carbocycles. The van der Waals surface area contributed by atoms with Crippen LogP contribution in [0.4, 0.5) is 0 Å². The average molecular weight is 542 g/mol. The Balaban J connectivity index is 1.33. The van der Waals surface area contributed by atoms with E-state index in [4.69, 9.17) is 9.72 Å². The van der Waals surface area contributed by atoms with Crippen molar-refractivity contribution >= 4 is 22.7 Å². The van der Waals surface area contributed by atoms with Crippen molar-refractivity contribution in [1.29, 1.82) is 0 Å². The number of pyridine rings is 1. The van der Waals surface area contributed by atoms with Gasteiger partial charge >= 0.3 is 5.97 Å². The molecule has 41 heavy (non-hydrogen) atoms. The van der Waals surface area contributed by atoms with E-state index in [-0.39, 0.29) is 12.4 Å². The maximum Gasteiger partial charge on any atom is 0.339 e. The Hall–Kier alpha value is -4.57. The van der Waals surface area contributed by atoms with Crippen LogP contribution in [0.1, 0.15) is 64.4 Å². The summed E-state index contributed by atoms with van der Waals surface area (Å²) in [4.78, 5) is 31.1.